The van der Waals surface area contributed by atoms with E-state index in [0.717, 1.165) is 0 Å². The molecule has 0 bridgehead atoms. The Bertz CT molecular complexity index is 627. The van der Waals surface area contributed by atoms with Gasteiger partial charge >= 0.3 is 0 Å². The van der Waals surface area contributed by atoms with Gasteiger partial charge in [-0.2, -0.15) is 0 Å². The lowest BCUT2D eigenvalue weighted by Crippen LogP contribution is -2.10. The van der Waals surface area contributed by atoms with Crippen molar-refractivity contribution in [3.8, 4) is 11.5 Å². The number of ether oxygens (including phenoxy) is 1. The first-order valence-electron chi connectivity index (χ1n) is 6.44. The zero-order valence-corrected chi connectivity index (χ0v) is 12.6. The smallest absolute Gasteiger partial charge is 0.155 e. The van der Waals surface area contributed by atoms with Crippen LogP contribution in [0.1, 0.15) is 36.7 Å². The van der Waals surface area contributed by atoms with E-state index in [2.05, 4.69) is 26.8 Å². The molecule has 0 saturated heterocycles. The third-order valence-corrected chi connectivity index (χ3v) is 3.39. The minimum absolute atomic E-state index is 0.0428. The van der Waals surface area contributed by atoms with Crippen LogP contribution in [-0.2, 0) is 5.41 Å². The molecule has 0 radical (unpaired) electrons. The fourth-order valence-corrected chi connectivity index (χ4v) is 2.08. The second-order valence-corrected chi connectivity index (χ2v) is 6.06. The molecule has 2 aromatic carbocycles. The molecule has 0 spiro atoms. The molecular formula is C17H17ClO2. The summed E-state index contributed by atoms with van der Waals surface area (Å²) in [5.74, 6) is 1.17. The van der Waals surface area contributed by atoms with Crippen LogP contribution < -0.4 is 4.74 Å². The standard InChI is InChI=1S/C17H17ClO2/c1-17(2,3)12-6-4-7-13(10-12)20-16-9-5-8-15(18)14(16)11-19/h4-11H,1-3H3. The predicted octanol–water partition coefficient (Wildman–Crippen LogP) is 5.24. The van der Waals surface area contributed by atoms with Crippen LogP contribution in [0, 0.1) is 0 Å². The third-order valence-electron chi connectivity index (χ3n) is 3.06. The van der Waals surface area contributed by atoms with Crippen molar-refractivity contribution in [2.75, 3.05) is 0 Å². The van der Waals surface area contributed by atoms with Gasteiger partial charge in [-0.1, -0.05) is 50.6 Å². The molecule has 3 heteroatoms. The van der Waals surface area contributed by atoms with Crippen molar-refractivity contribution in [1.82, 2.24) is 0 Å². The number of rotatable bonds is 3. The van der Waals surface area contributed by atoms with E-state index in [4.69, 9.17) is 16.3 Å². The fourth-order valence-electron chi connectivity index (χ4n) is 1.87. The average molecular weight is 289 g/mol. The molecule has 0 aliphatic rings. The second kappa shape index (κ2) is 5.68. The van der Waals surface area contributed by atoms with Gasteiger partial charge in [0.25, 0.3) is 0 Å². The Hall–Kier alpha value is -1.80. The van der Waals surface area contributed by atoms with Crippen molar-refractivity contribution in [3.05, 3.63) is 58.6 Å². The summed E-state index contributed by atoms with van der Waals surface area (Å²) in [4.78, 5) is 11.1. The van der Waals surface area contributed by atoms with Gasteiger partial charge in [0.1, 0.15) is 11.5 Å². The van der Waals surface area contributed by atoms with Gasteiger partial charge in [-0.25, -0.2) is 0 Å². The van der Waals surface area contributed by atoms with Gasteiger partial charge in [-0.15, -0.1) is 0 Å². The molecule has 0 amide bonds. The number of halogens is 1. The topological polar surface area (TPSA) is 26.3 Å². The van der Waals surface area contributed by atoms with Crippen LogP contribution in [0.3, 0.4) is 0 Å². The first kappa shape index (κ1) is 14.6. The quantitative estimate of drug-likeness (QED) is 0.722. The molecule has 104 valence electrons. The zero-order chi connectivity index (χ0) is 14.8. The highest BCUT2D eigenvalue weighted by Gasteiger charge is 2.15. The summed E-state index contributed by atoms with van der Waals surface area (Å²) in [6.45, 7) is 6.42. The van der Waals surface area contributed by atoms with Gasteiger partial charge in [0, 0.05) is 0 Å². The SMILES string of the molecule is CC(C)(C)c1cccc(Oc2cccc(Cl)c2C=O)c1. The van der Waals surface area contributed by atoms with Crippen LogP contribution in [0.4, 0.5) is 0 Å². The van der Waals surface area contributed by atoms with E-state index in [1.165, 1.54) is 5.56 Å². The number of carbonyl (C=O) groups is 1. The summed E-state index contributed by atoms with van der Waals surface area (Å²) < 4.78 is 5.80. The largest absolute Gasteiger partial charge is 0.457 e. The Balaban J connectivity index is 2.36. The molecule has 0 N–H and O–H groups in total. The monoisotopic (exact) mass is 288 g/mol. The van der Waals surface area contributed by atoms with Crippen LogP contribution in [0.15, 0.2) is 42.5 Å². The molecule has 20 heavy (non-hydrogen) atoms. The summed E-state index contributed by atoms with van der Waals surface area (Å²) in [6, 6.07) is 13.0. The Morgan fingerprint density at radius 2 is 1.80 bits per heavy atom. The maximum Gasteiger partial charge on any atom is 0.155 e. The Labute approximate surface area is 124 Å². The third kappa shape index (κ3) is 3.20. The highest BCUT2D eigenvalue weighted by Crippen LogP contribution is 2.31. The minimum atomic E-state index is 0.0428. The van der Waals surface area contributed by atoms with Gasteiger partial charge in [0.2, 0.25) is 0 Å². The summed E-state index contributed by atoms with van der Waals surface area (Å²) in [5.41, 5.74) is 1.58. The van der Waals surface area contributed by atoms with Gasteiger partial charge < -0.3 is 4.74 Å². The normalized spacial score (nSPS) is 11.2. The minimum Gasteiger partial charge on any atom is -0.457 e. The molecule has 2 rings (SSSR count). The van der Waals surface area contributed by atoms with Crippen molar-refractivity contribution in [2.24, 2.45) is 0 Å². The lowest BCUT2D eigenvalue weighted by atomic mass is 9.87. The number of benzene rings is 2. The molecule has 0 saturated carbocycles. The van der Waals surface area contributed by atoms with Gasteiger partial charge in [0.05, 0.1) is 10.6 Å². The molecule has 2 nitrogen and oxygen atoms in total. The van der Waals surface area contributed by atoms with E-state index in [1.54, 1.807) is 18.2 Å². The van der Waals surface area contributed by atoms with Gasteiger partial charge in [-0.3, -0.25) is 4.79 Å². The summed E-state index contributed by atoms with van der Waals surface area (Å²) in [7, 11) is 0. The lowest BCUT2D eigenvalue weighted by Gasteiger charge is -2.20. The molecular weight excluding hydrogens is 272 g/mol. The second-order valence-electron chi connectivity index (χ2n) is 5.65. The first-order valence-corrected chi connectivity index (χ1v) is 6.81. The highest BCUT2D eigenvalue weighted by atomic mass is 35.5. The van der Waals surface area contributed by atoms with Crippen LogP contribution in [0.2, 0.25) is 5.02 Å². The summed E-state index contributed by atoms with van der Waals surface area (Å²) in [5, 5.41) is 0.393. The molecule has 0 aliphatic carbocycles. The Morgan fingerprint density at radius 1 is 1.10 bits per heavy atom. The van der Waals surface area contributed by atoms with Crippen molar-refractivity contribution in [2.45, 2.75) is 26.2 Å². The molecule has 0 fully saturated rings. The Kier molecular flexibility index (Phi) is 4.15. The molecule has 0 aliphatic heterocycles. The first-order chi connectivity index (χ1) is 9.41. The van der Waals surface area contributed by atoms with E-state index in [-0.39, 0.29) is 5.41 Å². The molecule has 0 heterocycles. The van der Waals surface area contributed by atoms with Crippen molar-refractivity contribution in [1.29, 1.82) is 0 Å². The van der Waals surface area contributed by atoms with Gasteiger partial charge in [0.15, 0.2) is 6.29 Å². The van der Waals surface area contributed by atoms with Crippen molar-refractivity contribution < 1.29 is 9.53 Å². The van der Waals surface area contributed by atoms with Gasteiger partial charge in [-0.05, 0) is 35.2 Å². The molecule has 0 aromatic heterocycles. The molecule has 0 atom stereocenters. The van der Waals surface area contributed by atoms with Crippen LogP contribution in [0.25, 0.3) is 0 Å². The average Bonchev–Trinajstić information content (AvgIpc) is 2.38. The number of carbonyl (C=O) groups excluding carboxylic acids is 1. The van der Waals surface area contributed by atoms with Crippen LogP contribution in [-0.4, -0.2) is 6.29 Å². The molecule has 0 unspecified atom stereocenters. The van der Waals surface area contributed by atoms with Crippen LogP contribution in [0.5, 0.6) is 11.5 Å². The fraction of sp³-hybridized carbons (Fsp3) is 0.235. The van der Waals surface area contributed by atoms with Crippen LogP contribution >= 0.6 is 11.6 Å². The zero-order valence-electron chi connectivity index (χ0n) is 11.8. The predicted molar refractivity (Wildman–Crippen MR) is 82.1 cm³/mol. The van der Waals surface area contributed by atoms with E-state index in [0.29, 0.717) is 28.4 Å². The number of hydrogen-bond acceptors (Lipinski definition) is 2. The maximum atomic E-state index is 11.1. The summed E-state index contributed by atoms with van der Waals surface area (Å²) in [6.07, 6.45) is 0.714. The van der Waals surface area contributed by atoms with E-state index in [1.807, 2.05) is 18.2 Å². The maximum absolute atomic E-state index is 11.1. The number of hydrogen-bond donors (Lipinski definition) is 0. The summed E-state index contributed by atoms with van der Waals surface area (Å²) >= 11 is 5.99. The number of aldehydes is 1. The van der Waals surface area contributed by atoms with E-state index in [9.17, 15) is 4.79 Å². The van der Waals surface area contributed by atoms with E-state index >= 15 is 0 Å². The van der Waals surface area contributed by atoms with E-state index < -0.39 is 0 Å². The van der Waals surface area contributed by atoms with Crippen molar-refractivity contribution in [3.63, 3.8) is 0 Å². The van der Waals surface area contributed by atoms with Crippen molar-refractivity contribution >= 4 is 17.9 Å². The molecule has 2 aromatic rings. The Morgan fingerprint density at radius 3 is 2.45 bits per heavy atom. The lowest BCUT2D eigenvalue weighted by molar-refractivity contribution is 0.112. The highest BCUT2D eigenvalue weighted by molar-refractivity contribution is 6.33.